The number of carbonyl (C=O) groups excluding carboxylic acids is 1. The molecule has 0 saturated carbocycles. The Morgan fingerprint density at radius 3 is 2.52 bits per heavy atom. The molecule has 0 spiro atoms. The van der Waals surface area contributed by atoms with Crippen LogP contribution in [0.2, 0.25) is 10.0 Å². The van der Waals surface area contributed by atoms with Crippen molar-refractivity contribution in [1.29, 1.82) is 0 Å². The molecule has 0 bridgehead atoms. The van der Waals surface area contributed by atoms with E-state index in [1.165, 1.54) is 0 Å². The monoisotopic (exact) mass is 351 g/mol. The molecule has 122 valence electrons. The Morgan fingerprint density at radius 1 is 1.17 bits per heavy atom. The predicted octanol–water partition coefficient (Wildman–Crippen LogP) is 4.67. The van der Waals surface area contributed by atoms with E-state index in [0.717, 1.165) is 18.8 Å². The highest BCUT2D eigenvalue weighted by atomic mass is 35.5. The molecule has 0 unspecified atom stereocenters. The van der Waals surface area contributed by atoms with Gasteiger partial charge in [-0.2, -0.15) is 0 Å². The Morgan fingerprint density at radius 2 is 1.87 bits per heavy atom. The number of hydrogen-bond donors (Lipinski definition) is 2. The van der Waals surface area contributed by atoms with Gasteiger partial charge < -0.3 is 16.0 Å². The summed E-state index contributed by atoms with van der Waals surface area (Å²) in [5.41, 5.74) is 8.33. The largest absolute Gasteiger partial charge is 0.399 e. The van der Waals surface area contributed by atoms with E-state index in [1.54, 1.807) is 24.3 Å². The van der Waals surface area contributed by atoms with Crippen molar-refractivity contribution in [2.75, 3.05) is 29.0 Å². The summed E-state index contributed by atoms with van der Waals surface area (Å²) < 4.78 is 0. The molecule has 0 fully saturated rings. The number of halogens is 2. The Balaban J connectivity index is 2.37. The quantitative estimate of drug-likeness (QED) is 0.769. The Bertz CT molecular complexity index is 715. The van der Waals surface area contributed by atoms with Crippen molar-refractivity contribution in [3.05, 3.63) is 52.0 Å². The van der Waals surface area contributed by atoms with Gasteiger partial charge in [0.2, 0.25) is 0 Å². The van der Waals surface area contributed by atoms with Crippen LogP contribution < -0.4 is 16.0 Å². The molecule has 6 heteroatoms. The lowest BCUT2D eigenvalue weighted by molar-refractivity contribution is 0.102. The number of nitrogens with two attached hydrogens (primary N) is 1. The van der Waals surface area contributed by atoms with Gasteiger partial charge in [0.15, 0.2) is 0 Å². The third-order valence-electron chi connectivity index (χ3n) is 3.57. The van der Waals surface area contributed by atoms with Crippen molar-refractivity contribution in [2.45, 2.75) is 13.8 Å². The highest BCUT2D eigenvalue weighted by molar-refractivity contribution is 6.44. The van der Waals surface area contributed by atoms with E-state index in [9.17, 15) is 4.79 Å². The number of nitrogen functional groups attached to an aromatic ring is 1. The first-order chi connectivity index (χ1) is 11.0. The number of anilines is 3. The van der Waals surface area contributed by atoms with Crippen molar-refractivity contribution < 1.29 is 4.79 Å². The molecule has 2 rings (SSSR count). The molecule has 2 aromatic carbocycles. The second-order valence-corrected chi connectivity index (χ2v) is 5.79. The highest BCUT2D eigenvalue weighted by Gasteiger charge is 2.16. The summed E-state index contributed by atoms with van der Waals surface area (Å²) in [7, 11) is 0. The first-order valence-corrected chi connectivity index (χ1v) is 8.13. The van der Waals surface area contributed by atoms with E-state index in [0.29, 0.717) is 22.0 Å². The van der Waals surface area contributed by atoms with Gasteiger partial charge in [0.25, 0.3) is 5.91 Å². The molecule has 0 heterocycles. The summed E-state index contributed by atoms with van der Waals surface area (Å²) in [4.78, 5) is 14.7. The summed E-state index contributed by atoms with van der Waals surface area (Å²) in [6.45, 7) is 5.75. The average Bonchev–Trinajstić information content (AvgIpc) is 2.53. The van der Waals surface area contributed by atoms with E-state index in [2.05, 4.69) is 24.1 Å². The number of rotatable bonds is 5. The van der Waals surface area contributed by atoms with Gasteiger partial charge >= 0.3 is 0 Å². The second kappa shape index (κ2) is 7.57. The van der Waals surface area contributed by atoms with E-state index in [-0.39, 0.29) is 10.9 Å². The van der Waals surface area contributed by atoms with E-state index in [4.69, 9.17) is 28.9 Å². The molecule has 3 N–H and O–H groups in total. The normalized spacial score (nSPS) is 10.4. The number of amides is 1. The molecule has 0 radical (unpaired) electrons. The Hall–Kier alpha value is -1.91. The van der Waals surface area contributed by atoms with E-state index >= 15 is 0 Å². The summed E-state index contributed by atoms with van der Waals surface area (Å²) in [5.74, 6) is -0.323. The van der Waals surface area contributed by atoms with Crippen LogP contribution in [0.5, 0.6) is 0 Å². The minimum absolute atomic E-state index is 0.236. The SMILES string of the molecule is CCN(CC)c1ccc(N)cc1NC(=O)c1cccc(Cl)c1Cl. The van der Waals surface area contributed by atoms with Gasteiger partial charge in [-0.15, -0.1) is 0 Å². The zero-order valence-electron chi connectivity index (χ0n) is 13.1. The van der Waals surface area contributed by atoms with Gasteiger partial charge in [0.05, 0.1) is 27.0 Å². The fraction of sp³-hybridized carbons (Fsp3) is 0.235. The van der Waals surface area contributed by atoms with E-state index in [1.807, 2.05) is 12.1 Å². The molecule has 0 aliphatic heterocycles. The first kappa shape index (κ1) is 17.4. The molecule has 0 atom stereocenters. The smallest absolute Gasteiger partial charge is 0.257 e. The average molecular weight is 352 g/mol. The van der Waals surface area contributed by atoms with Gasteiger partial charge in [0.1, 0.15) is 0 Å². The van der Waals surface area contributed by atoms with Gasteiger partial charge in [-0.3, -0.25) is 4.79 Å². The van der Waals surface area contributed by atoms with Crippen LogP contribution in [-0.4, -0.2) is 19.0 Å². The van der Waals surface area contributed by atoms with Crippen molar-refractivity contribution in [3.8, 4) is 0 Å². The van der Waals surface area contributed by atoms with Crippen LogP contribution in [0.1, 0.15) is 24.2 Å². The van der Waals surface area contributed by atoms with Crippen LogP contribution in [0.15, 0.2) is 36.4 Å². The van der Waals surface area contributed by atoms with Crippen LogP contribution in [0.25, 0.3) is 0 Å². The molecular formula is C17H19Cl2N3O. The Labute approximate surface area is 146 Å². The topological polar surface area (TPSA) is 58.4 Å². The van der Waals surface area contributed by atoms with Crippen LogP contribution >= 0.6 is 23.2 Å². The molecule has 0 saturated heterocycles. The zero-order valence-corrected chi connectivity index (χ0v) is 14.6. The maximum absolute atomic E-state index is 12.5. The van der Waals surface area contributed by atoms with Crippen LogP contribution in [0, 0.1) is 0 Å². The molecular weight excluding hydrogens is 333 g/mol. The third-order valence-corrected chi connectivity index (χ3v) is 4.39. The standard InChI is InChI=1S/C17H19Cl2N3O/c1-3-22(4-2)15-9-8-11(20)10-14(15)21-17(23)12-6-5-7-13(18)16(12)19/h5-10H,3-4,20H2,1-2H3,(H,21,23). The lowest BCUT2D eigenvalue weighted by Gasteiger charge is -2.24. The number of nitrogens with one attached hydrogen (secondary N) is 1. The number of nitrogens with zero attached hydrogens (tertiary/aromatic N) is 1. The maximum atomic E-state index is 12.5. The van der Waals surface area contributed by atoms with Crippen LogP contribution in [0.4, 0.5) is 17.1 Å². The zero-order chi connectivity index (χ0) is 17.0. The first-order valence-electron chi connectivity index (χ1n) is 7.37. The second-order valence-electron chi connectivity index (χ2n) is 5.00. The van der Waals surface area contributed by atoms with Crippen molar-refractivity contribution in [3.63, 3.8) is 0 Å². The fourth-order valence-corrected chi connectivity index (χ4v) is 2.75. The fourth-order valence-electron chi connectivity index (χ4n) is 2.36. The third kappa shape index (κ3) is 3.89. The minimum Gasteiger partial charge on any atom is -0.399 e. The van der Waals surface area contributed by atoms with Gasteiger partial charge in [0, 0.05) is 18.8 Å². The number of carbonyl (C=O) groups is 1. The number of hydrogen-bond acceptors (Lipinski definition) is 3. The lowest BCUT2D eigenvalue weighted by Crippen LogP contribution is -2.24. The molecule has 2 aromatic rings. The maximum Gasteiger partial charge on any atom is 0.257 e. The Kier molecular flexibility index (Phi) is 5.74. The van der Waals surface area contributed by atoms with Crippen LogP contribution in [-0.2, 0) is 0 Å². The molecule has 4 nitrogen and oxygen atoms in total. The van der Waals surface area contributed by atoms with Crippen molar-refractivity contribution >= 4 is 46.2 Å². The minimum atomic E-state index is -0.323. The molecule has 23 heavy (non-hydrogen) atoms. The summed E-state index contributed by atoms with van der Waals surface area (Å²) in [6, 6.07) is 10.4. The summed E-state index contributed by atoms with van der Waals surface area (Å²) in [6.07, 6.45) is 0. The van der Waals surface area contributed by atoms with Gasteiger partial charge in [-0.1, -0.05) is 29.3 Å². The summed E-state index contributed by atoms with van der Waals surface area (Å²) >= 11 is 12.1. The molecule has 0 aliphatic rings. The number of benzene rings is 2. The lowest BCUT2D eigenvalue weighted by atomic mass is 10.1. The molecule has 1 amide bonds. The summed E-state index contributed by atoms with van der Waals surface area (Å²) in [5, 5.41) is 3.46. The van der Waals surface area contributed by atoms with Crippen molar-refractivity contribution in [2.24, 2.45) is 0 Å². The molecule has 0 aromatic heterocycles. The molecule has 0 aliphatic carbocycles. The highest BCUT2D eigenvalue weighted by Crippen LogP contribution is 2.30. The van der Waals surface area contributed by atoms with Gasteiger partial charge in [-0.25, -0.2) is 0 Å². The van der Waals surface area contributed by atoms with Crippen LogP contribution in [0.3, 0.4) is 0 Å². The van der Waals surface area contributed by atoms with E-state index < -0.39 is 0 Å². The van der Waals surface area contributed by atoms with Crippen molar-refractivity contribution in [1.82, 2.24) is 0 Å². The predicted molar refractivity (Wildman–Crippen MR) is 98.8 cm³/mol. The van der Waals surface area contributed by atoms with Gasteiger partial charge in [-0.05, 0) is 44.2 Å².